The highest BCUT2D eigenvalue weighted by atomic mass is 16.5. The molecule has 2 aromatic carbocycles. The van der Waals surface area contributed by atoms with E-state index in [2.05, 4.69) is 56.2 Å². The normalized spacial score (nSPS) is 20.1. The molecular weight excluding hydrogens is 426 g/mol. The molecule has 2 aliphatic rings. The number of aryl methyl sites for hydroxylation is 1. The summed E-state index contributed by atoms with van der Waals surface area (Å²) in [6.07, 6.45) is 8.54. The Morgan fingerprint density at radius 3 is 2.68 bits per heavy atom. The highest BCUT2D eigenvalue weighted by Crippen LogP contribution is 2.30. The fourth-order valence-electron chi connectivity index (χ4n) is 4.76. The Kier molecular flexibility index (Phi) is 5.15. The van der Waals surface area contributed by atoms with Crippen LogP contribution in [0.15, 0.2) is 72.6 Å². The van der Waals surface area contributed by atoms with E-state index in [9.17, 15) is 0 Å². The van der Waals surface area contributed by atoms with Crippen molar-refractivity contribution in [3.63, 3.8) is 0 Å². The molecule has 4 heterocycles. The summed E-state index contributed by atoms with van der Waals surface area (Å²) in [5, 5.41) is 11.6. The molecule has 2 bridgehead atoms. The van der Waals surface area contributed by atoms with Crippen LogP contribution in [0, 0.1) is 0 Å². The molecule has 2 aromatic heterocycles. The summed E-state index contributed by atoms with van der Waals surface area (Å²) < 4.78 is 7.92. The van der Waals surface area contributed by atoms with Crippen molar-refractivity contribution in [2.24, 2.45) is 12.0 Å². The number of hydrogen-bond acceptors (Lipinski definition) is 5. The zero-order valence-electron chi connectivity index (χ0n) is 19.1. The summed E-state index contributed by atoms with van der Waals surface area (Å²) in [7, 11) is 1.95. The summed E-state index contributed by atoms with van der Waals surface area (Å²) in [5.41, 5.74) is 4.68. The molecule has 0 radical (unpaired) electrons. The number of benzene rings is 2. The van der Waals surface area contributed by atoms with E-state index in [1.807, 2.05) is 36.0 Å². The number of nitrogens with one attached hydrogen (secondary N) is 2. The van der Waals surface area contributed by atoms with Crippen molar-refractivity contribution in [3.8, 4) is 0 Å². The average molecular weight is 454 g/mol. The number of hydrogen-bond donors (Lipinski definition) is 2. The first-order valence-electron chi connectivity index (χ1n) is 11.6. The maximum Gasteiger partial charge on any atom is 0.175 e. The number of nitrogens with zero attached hydrogens (tertiary/aromatic N) is 5. The first-order chi connectivity index (χ1) is 16.6. The third kappa shape index (κ3) is 3.97. The Hall–Kier alpha value is -3.91. The molecule has 8 heteroatoms. The number of ether oxygens (including phenoxy) is 1. The number of rotatable bonds is 5. The second-order valence-corrected chi connectivity index (χ2v) is 8.98. The molecule has 2 unspecified atom stereocenters. The third-order valence-electron chi connectivity index (χ3n) is 6.59. The second-order valence-electron chi connectivity index (χ2n) is 8.98. The predicted octanol–water partition coefficient (Wildman–Crippen LogP) is 4.19. The molecule has 172 valence electrons. The quantitative estimate of drug-likeness (QED) is 0.350. The van der Waals surface area contributed by atoms with Crippen molar-refractivity contribution in [2.45, 2.75) is 25.0 Å². The Labute approximate surface area is 198 Å². The number of amidine groups is 1. The molecular formula is C26H27N7O. The van der Waals surface area contributed by atoms with Crippen LogP contribution < -0.4 is 10.2 Å². The van der Waals surface area contributed by atoms with Gasteiger partial charge in [-0.2, -0.15) is 5.10 Å². The van der Waals surface area contributed by atoms with Crippen LogP contribution in [0.2, 0.25) is 0 Å². The topological polar surface area (TPSA) is 83.4 Å². The van der Waals surface area contributed by atoms with Gasteiger partial charge < -0.3 is 19.5 Å². The largest absolute Gasteiger partial charge is 0.371 e. The number of aromatic nitrogens is 4. The van der Waals surface area contributed by atoms with Gasteiger partial charge in [0.1, 0.15) is 0 Å². The molecule has 4 aromatic rings. The van der Waals surface area contributed by atoms with Gasteiger partial charge in [-0.25, -0.2) is 9.98 Å². The van der Waals surface area contributed by atoms with E-state index in [1.54, 1.807) is 12.4 Å². The van der Waals surface area contributed by atoms with Gasteiger partial charge in [-0.15, -0.1) is 0 Å². The molecule has 2 saturated heterocycles. The molecule has 0 spiro atoms. The van der Waals surface area contributed by atoms with Crippen molar-refractivity contribution in [1.29, 1.82) is 0 Å². The SMILES string of the molecule is C=C(N=C(Nc1ccc(N2CC3CCC(C2)O3)cc1)c1nccn1C)c1ccc2cn[nH]c2c1. The second kappa shape index (κ2) is 8.46. The molecule has 2 aliphatic heterocycles. The Bertz CT molecular complexity index is 1360. The molecule has 34 heavy (non-hydrogen) atoms. The monoisotopic (exact) mass is 453 g/mol. The Balaban J connectivity index is 1.26. The number of anilines is 2. The van der Waals surface area contributed by atoms with Crippen LogP contribution in [-0.4, -0.2) is 50.9 Å². The zero-order valence-corrected chi connectivity index (χ0v) is 19.1. The lowest BCUT2D eigenvalue weighted by molar-refractivity contribution is 0.0305. The number of H-pyrrole nitrogens is 1. The van der Waals surface area contributed by atoms with E-state index in [-0.39, 0.29) is 0 Å². The van der Waals surface area contributed by atoms with Crippen molar-refractivity contribution in [3.05, 3.63) is 79.0 Å². The van der Waals surface area contributed by atoms with Gasteiger partial charge in [-0.1, -0.05) is 18.7 Å². The van der Waals surface area contributed by atoms with Crippen LogP contribution in [0.5, 0.6) is 0 Å². The molecule has 2 fully saturated rings. The maximum absolute atomic E-state index is 5.98. The van der Waals surface area contributed by atoms with Crippen LogP contribution in [0.1, 0.15) is 24.2 Å². The van der Waals surface area contributed by atoms with Gasteiger partial charge in [0.05, 0.1) is 29.6 Å². The summed E-state index contributed by atoms with van der Waals surface area (Å²) in [6.45, 7) is 6.14. The smallest absolute Gasteiger partial charge is 0.175 e. The lowest BCUT2D eigenvalue weighted by Crippen LogP contribution is -2.42. The number of fused-ring (bicyclic) bond motifs is 3. The number of aliphatic imine (C=N–C) groups is 1. The first kappa shape index (κ1) is 20.7. The van der Waals surface area contributed by atoms with E-state index < -0.39 is 0 Å². The highest BCUT2D eigenvalue weighted by molar-refractivity contribution is 6.08. The maximum atomic E-state index is 5.98. The van der Waals surface area contributed by atoms with E-state index in [0.29, 0.717) is 23.7 Å². The lowest BCUT2D eigenvalue weighted by Gasteiger charge is -2.34. The Morgan fingerprint density at radius 2 is 1.94 bits per heavy atom. The van der Waals surface area contributed by atoms with Crippen LogP contribution >= 0.6 is 0 Å². The van der Waals surface area contributed by atoms with Gasteiger partial charge in [0, 0.05) is 54.9 Å². The zero-order chi connectivity index (χ0) is 23.1. The molecule has 0 saturated carbocycles. The molecule has 0 aliphatic carbocycles. The number of imidazole rings is 1. The van der Waals surface area contributed by atoms with Crippen LogP contribution in [0.25, 0.3) is 16.6 Å². The standard InChI is InChI=1S/C26H27N7O/c1-17(18-3-4-19-14-28-31-24(19)13-18)29-25(26-27-11-12-32(26)2)30-20-5-7-21(8-6-20)33-15-22-9-10-23(16-33)34-22/h3-8,11-14,22-23H,1,9-10,15-16H2,2H3,(H,28,31)(H,29,30). The molecule has 2 N–H and O–H groups in total. The van der Waals surface area contributed by atoms with Crippen molar-refractivity contribution < 1.29 is 4.74 Å². The minimum Gasteiger partial charge on any atom is -0.371 e. The van der Waals surface area contributed by atoms with E-state index >= 15 is 0 Å². The van der Waals surface area contributed by atoms with Crippen molar-refractivity contribution in [2.75, 3.05) is 23.3 Å². The average Bonchev–Trinajstić information content (AvgIpc) is 3.58. The molecule has 0 amide bonds. The summed E-state index contributed by atoms with van der Waals surface area (Å²) >= 11 is 0. The van der Waals surface area contributed by atoms with Gasteiger partial charge in [-0.3, -0.25) is 5.10 Å². The number of morpholine rings is 1. The third-order valence-corrected chi connectivity index (χ3v) is 6.59. The van der Waals surface area contributed by atoms with Crippen LogP contribution in [0.3, 0.4) is 0 Å². The van der Waals surface area contributed by atoms with Gasteiger partial charge >= 0.3 is 0 Å². The van der Waals surface area contributed by atoms with Crippen LogP contribution in [-0.2, 0) is 11.8 Å². The van der Waals surface area contributed by atoms with Crippen molar-refractivity contribution in [1.82, 2.24) is 19.7 Å². The summed E-state index contributed by atoms with van der Waals surface area (Å²) in [4.78, 5) is 11.8. The number of aromatic amines is 1. The molecule has 6 rings (SSSR count). The van der Waals surface area contributed by atoms with E-state index in [4.69, 9.17) is 9.73 Å². The molecule has 2 atom stereocenters. The predicted molar refractivity (Wildman–Crippen MR) is 135 cm³/mol. The highest BCUT2D eigenvalue weighted by Gasteiger charge is 2.33. The van der Waals surface area contributed by atoms with E-state index in [0.717, 1.165) is 41.1 Å². The lowest BCUT2D eigenvalue weighted by atomic mass is 10.1. The minimum absolute atomic E-state index is 0.366. The van der Waals surface area contributed by atoms with Gasteiger partial charge in [0.15, 0.2) is 11.7 Å². The van der Waals surface area contributed by atoms with Gasteiger partial charge in [-0.05, 0) is 43.2 Å². The summed E-state index contributed by atoms with van der Waals surface area (Å²) in [6, 6.07) is 14.5. The van der Waals surface area contributed by atoms with Gasteiger partial charge in [0.25, 0.3) is 0 Å². The minimum atomic E-state index is 0.366. The van der Waals surface area contributed by atoms with E-state index in [1.165, 1.54) is 18.5 Å². The summed E-state index contributed by atoms with van der Waals surface area (Å²) in [5.74, 6) is 1.37. The fraction of sp³-hybridized carbons (Fsp3) is 0.269. The molecule has 8 nitrogen and oxygen atoms in total. The van der Waals surface area contributed by atoms with Crippen molar-refractivity contribution >= 4 is 33.8 Å². The van der Waals surface area contributed by atoms with Gasteiger partial charge in [0.2, 0.25) is 0 Å². The Morgan fingerprint density at radius 1 is 1.15 bits per heavy atom. The fourth-order valence-corrected chi connectivity index (χ4v) is 4.76. The first-order valence-corrected chi connectivity index (χ1v) is 11.6. The van der Waals surface area contributed by atoms with Crippen LogP contribution in [0.4, 0.5) is 11.4 Å².